The van der Waals surface area contributed by atoms with Crippen LogP contribution >= 0.6 is 0 Å². The van der Waals surface area contributed by atoms with Crippen LogP contribution in [0.2, 0.25) is 0 Å². The van der Waals surface area contributed by atoms with Crippen LogP contribution in [0.15, 0.2) is 72.0 Å². The highest BCUT2D eigenvalue weighted by atomic mass is 16.5. The number of ether oxygens (including phenoxy) is 1. The molecule has 3 rings (SSSR count). The van der Waals surface area contributed by atoms with Crippen molar-refractivity contribution < 1.29 is 4.74 Å². The Balaban J connectivity index is 1.49. The standard InChI is InChI=1S/C25H34N6O/c1-4-26-25(28-20-22-7-5-8-24(19-22)32-18-17-30(2)3)27-15-13-21-9-11-23(12-10-21)31-16-6-14-29-31/h5-12,14,16,19H,4,13,15,17-18,20H2,1-3H3,(H2,26,27,28). The number of hydrogen-bond acceptors (Lipinski definition) is 4. The van der Waals surface area contributed by atoms with Crippen molar-refractivity contribution in [3.8, 4) is 11.4 Å². The Morgan fingerprint density at radius 3 is 2.62 bits per heavy atom. The molecular formula is C25H34N6O. The van der Waals surface area contributed by atoms with Crippen molar-refractivity contribution in [1.29, 1.82) is 0 Å². The quantitative estimate of drug-likeness (QED) is 0.359. The van der Waals surface area contributed by atoms with Crippen molar-refractivity contribution in [2.24, 2.45) is 4.99 Å². The maximum Gasteiger partial charge on any atom is 0.191 e. The van der Waals surface area contributed by atoms with Crippen LogP contribution in [0, 0.1) is 0 Å². The van der Waals surface area contributed by atoms with E-state index in [0.717, 1.165) is 49.0 Å². The van der Waals surface area contributed by atoms with Crippen LogP contribution in [0.3, 0.4) is 0 Å². The minimum absolute atomic E-state index is 0.596. The third-order valence-corrected chi connectivity index (χ3v) is 4.88. The molecule has 7 heteroatoms. The summed E-state index contributed by atoms with van der Waals surface area (Å²) < 4.78 is 7.69. The van der Waals surface area contributed by atoms with E-state index in [2.05, 4.69) is 64.0 Å². The molecule has 0 fully saturated rings. The van der Waals surface area contributed by atoms with Crippen molar-refractivity contribution in [3.05, 3.63) is 78.1 Å². The van der Waals surface area contributed by atoms with Crippen molar-refractivity contribution in [2.45, 2.75) is 19.9 Å². The van der Waals surface area contributed by atoms with Gasteiger partial charge in [-0.15, -0.1) is 0 Å². The maximum absolute atomic E-state index is 5.83. The van der Waals surface area contributed by atoms with Gasteiger partial charge in [-0.25, -0.2) is 9.67 Å². The highest BCUT2D eigenvalue weighted by molar-refractivity contribution is 5.79. The lowest BCUT2D eigenvalue weighted by atomic mass is 10.1. The fraction of sp³-hybridized carbons (Fsp3) is 0.360. The second-order valence-corrected chi connectivity index (χ2v) is 7.79. The summed E-state index contributed by atoms with van der Waals surface area (Å²) in [5.74, 6) is 1.70. The van der Waals surface area contributed by atoms with Gasteiger partial charge in [0.25, 0.3) is 0 Å². The van der Waals surface area contributed by atoms with E-state index in [0.29, 0.717) is 13.2 Å². The molecule has 7 nitrogen and oxygen atoms in total. The largest absolute Gasteiger partial charge is 0.492 e. The summed E-state index contributed by atoms with van der Waals surface area (Å²) in [6, 6.07) is 18.5. The van der Waals surface area contributed by atoms with Gasteiger partial charge in [-0.05, 0) is 68.9 Å². The van der Waals surface area contributed by atoms with Gasteiger partial charge in [0.2, 0.25) is 0 Å². The number of nitrogens with zero attached hydrogens (tertiary/aromatic N) is 4. The SMILES string of the molecule is CCNC(=NCc1cccc(OCCN(C)C)c1)NCCc1ccc(-n2cccn2)cc1. The van der Waals surface area contributed by atoms with Crippen LogP contribution < -0.4 is 15.4 Å². The van der Waals surface area contributed by atoms with Crippen LogP contribution in [0.5, 0.6) is 5.75 Å². The lowest BCUT2D eigenvalue weighted by molar-refractivity contribution is 0.261. The highest BCUT2D eigenvalue weighted by Gasteiger charge is 2.02. The molecule has 0 aliphatic rings. The van der Waals surface area contributed by atoms with E-state index in [1.54, 1.807) is 6.20 Å². The molecule has 2 N–H and O–H groups in total. The molecule has 2 aromatic carbocycles. The average Bonchev–Trinajstić information content (AvgIpc) is 3.33. The molecule has 1 heterocycles. The van der Waals surface area contributed by atoms with Crippen LogP contribution in [0.4, 0.5) is 0 Å². The zero-order valence-electron chi connectivity index (χ0n) is 19.3. The van der Waals surface area contributed by atoms with Gasteiger partial charge in [-0.3, -0.25) is 0 Å². The minimum atomic E-state index is 0.596. The topological polar surface area (TPSA) is 66.7 Å². The van der Waals surface area contributed by atoms with E-state index in [4.69, 9.17) is 9.73 Å². The van der Waals surface area contributed by atoms with E-state index < -0.39 is 0 Å². The number of benzene rings is 2. The van der Waals surface area contributed by atoms with E-state index >= 15 is 0 Å². The number of rotatable bonds is 11. The molecular weight excluding hydrogens is 400 g/mol. The monoisotopic (exact) mass is 434 g/mol. The molecule has 0 saturated carbocycles. The van der Waals surface area contributed by atoms with Gasteiger partial charge in [-0.2, -0.15) is 5.10 Å². The van der Waals surface area contributed by atoms with Crippen LogP contribution in [0.25, 0.3) is 5.69 Å². The van der Waals surface area contributed by atoms with Gasteiger partial charge in [0, 0.05) is 32.0 Å². The summed E-state index contributed by atoms with van der Waals surface area (Å²) in [6.07, 6.45) is 4.65. The highest BCUT2D eigenvalue weighted by Crippen LogP contribution is 2.14. The molecule has 0 aliphatic heterocycles. The second-order valence-electron chi connectivity index (χ2n) is 7.79. The average molecular weight is 435 g/mol. The van der Waals surface area contributed by atoms with Gasteiger partial charge in [0.05, 0.1) is 12.2 Å². The summed E-state index contributed by atoms with van der Waals surface area (Å²) in [5, 5.41) is 11.0. The minimum Gasteiger partial charge on any atom is -0.492 e. The van der Waals surface area contributed by atoms with Crippen molar-refractivity contribution in [2.75, 3.05) is 40.3 Å². The number of nitrogens with one attached hydrogen (secondary N) is 2. The smallest absolute Gasteiger partial charge is 0.191 e. The summed E-state index contributed by atoms with van der Waals surface area (Å²) in [5.41, 5.74) is 3.46. The molecule has 0 radical (unpaired) electrons. The summed E-state index contributed by atoms with van der Waals surface area (Å²) in [4.78, 5) is 6.84. The first-order valence-electron chi connectivity index (χ1n) is 11.1. The second kappa shape index (κ2) is 12.5. The Kier molecular flexibility index (Phi) is 9.13. The maximum atomic E-state index is 5.83. The van der Waals surface area contributed by atoms with Gasteiger partial charge in [-0.1, -0.05) is 24.3 Å². The molecule has 3 aromatic rings. The Morgan fingerprint density at radius 2 is 1.91 bits per heavy atom. The Bertz CT molecular complexity index is 951. The molecule has 32 heavy (non-hydrogen) atoms. The molecule has 0 aliphatic carbocycles. The van der Waals surface area contributed by atoms with E-state index in [1.165, 1.54) is 5.56 Å². The van der Waals surface area contributed by atoms with Gasteiger partial charge >= 0.3 is 0 Å². The molecule has 0 amide bonds. The number of guanidine groups is 1. The van der Waals surface area contributed by atoms with Crippen LogP contribution in [0.1, 0.15) is 18.1 Å². The summed E-state index contributed by atoms with van der Waals surface area (Å²) >= 11 is 0. The van der Waals surface area contributed by atoms with Crippen LogP contribution in [-0.2, 0) is 13.0 Å². The predicted octanol–water partition coefficient (Wildman–Crippen LogP) is 3.11. The van der Waals surface area contributed by atoms with Crippen molar-refractivity contribution in [3.63, 3.8) is 0 Å². The number of aromatic nitrogens is 2. The predicted molar refractivity (Wildman–Crippen MR) is 131 cm³/mol. The van der Waals surface area contributed by atoms with Crippen molar-refractivity contribution >= 4 is 5.96 Å². The molecule has 0 saturated heterocycles. The van der Waals surface area contributed by atoms with Crippen LogP contribution in [-0.4, -0.2) is 61.0 Å². The molecule has 170 valence electrons. The lowest BCUT2D eigenvalue weighted by Crippen LogP contribution is -2.38. The number of hydrogen-bond donors (Lipinski definition) is 2. The Hall–Kier alpha value is -3.32. The fourth-order valence-corrected chi connectivity index (χ4v) is 3.15. The first kappa shape index (κ1) is 23.3. The fourth-order valence-electron chi connectivity index (χ4n) is 3.15. The molecule has 0 atom stereocenters. The third kappa shape index (κ3) is 7.74. The van der Waals surface area contributed by atoms with E-state index in [1.807, 2.05) is 43.2 Å². The number of aliphatic imine (C=N–C) groups is 1. The Morgan fingerprint density at radius 1 is 1.06 bits per heavy atom. The zero-order chi connectivity index (χ0) is 22.6. The molecule has 0 spiro atoms. The van der Waals surface area contributed by atoms with Gasteiger partial charge < -0.3 is 20.3 Å². The van der Waals surface area contributed by atoms with E-state index in [9.17, 15) is 0 Å². The molecule has 1 aromatic heterocycles. The third-order valence-electron chi connectivity index (χ3n) is 4.88. The number of likely N-dealkylation sites (N-methyl/N-ethyl adjacent to an activating group) is 1. The van der Waals surface area contributed by atoms with Gasteiger partial charge in [0.15, 0.2) is 5.96 Å². The molecule has 0 unspecified atom stereocenters. The molecule has 0 bridgehead atoms. The summed E-state index contributed by atoms with van der Waals surface area (Å²) in [7, 11) is 4.08. The zero-order valence-corrected chi connectivity index (χ0v) is 19.3. The first-order chi connectivity index (χ1) is 15.6. The van der Waals surface area contributed by atoms with Gasteiger partial charge in [0.1, 0.15) is 12.4 Å². The van der Waals surface area contributed by atoms with E-state index in [-0.39, 0.29) is 0 Å². The lowest BCUT2D eigenvalue weighted by Gasteiger charge is -2.13. The van der Waals surface area contributed by atoms with Crippen molar-refractivity contribution in [1.82, 2.24) is 25.3 Å². The first-order valence-corrected chi connectivity index (χ1v) is 11.1. The summed E-state index contributed by atoms with van der Waals surface area (Å²) in [6.45, 7) is 5.86. The normalized spacial score (nSPS) is 11.6. The Labute approximate surface area is 191 Å².